The second-order valence-electron chi connectivity index (χ2n) is 7.34. The van der Waals surface area contributed by atoms with Crippen molar-refractivity contribution in [2.45, 2.75) is 5.16 Å². The third-order valence-corrected chi connectivity index (χ3v) is 6.15. The molecule has 3 aromatic carbocycles. The third kappa shape index (κ3) is 5.17. The van der Waals surface area contributed by atoms with Gasteiger partial charge in [0, 0.05) is 16.8 Å². The number of benzene rings is 3. The lowest BCUT2D eigenvalue weighted by atomic mass is 10.0. The van der Waals surface area contributed by atoms with Crippen LogP contribution in [0.1, 0.15) is 0 Å². The summed E-state index contributed by atoms with van der Waals surface area (Å²) < 4.78 is 17.5. The number of anilines is 1. The van der Waals surface area contributed by atoms with Crippen molar-refractivity contribution in [3.05, 3.63) is 66.7 Å². The standard InChI is InChI=1S/C25H25N5O4S/c1-32-20-13-17(14-21(33-2)23(20)34-3)24-28-29-25(30(24)26)35-15-22(31)27-19-12-8-7-11-18(19)16-9-5-4-6-10-16/h4-14H,15,26H2,1-3H3,(H,27,31). The predicted molar refractivity (Wildman–Crippen MR) is 136 cm³/mol. The number of carbonyl (C=O) groups excluding carboxylic acids is 1. The quantitative estimate of drug-likeness (QED) is 0.266. The first-order valence-electron chi connectivity index (χ1n) is 10.6. The number of ether oxygens (including phenoxy) is 3. The van der Waals surface area contributed by atoms with E-state index in [1.165, 1.54) is 37.8 Å². The van der Waals surface area contributed by atoms with Crippen molar-refractivity contribution in [3.8, 4) is 39.8 Å². The van der Waals surface area contributed by atoms with Crippen molar-refractivity contribution < 1.29 is 19.0 Å². The van der Waals surface area contributed by atoms with Crippen LogP contribution in [0.2, 0.25) is 0 Å². The average molecular weight is 492 g/mol. The molecule has 0 bridgehead atoms. The number of aromatic nitrogens is 3. The van der Waals surface area contributed by atoms with Gasteiger partial charge in [0.05, 0.1) is 27.1 Å². The Balaban J connectivity index is 1.49. The average Bonchev–Trinajstić information content (AvgIpc) is 3.27. The van der Waals surface area contributed by atoms with Gasteiger partial charge in [0.2, 0.25) is 16.8 Å². The van der Waals surface area contributed by atoms with Gasteiger partial charge in [-0.3, -0.25) is 4.79 Å². The fourth-order valence-corrected chi connectivity index (χ4v) is 4.22. The zero-order valence-corrected chi connectivity index (χ0v) is 20.3. The normalized spacial score (nSPS) is 10.6. The van der Waals surface area contributed by atoms with E-state index in [2.05, 4.69) is 15.5 Å². The molecule has 0 saturated carbocycles. The van der Waals surface area contributed by atoms with Crippen molar-refractivity contribution >= 4 is 23.4 Å². The van der Waals surface area contributed by atoms with Gasteiger partial charge in [-0.25, -0.2) is 4.68 Å². The first kappa shape index (κ1) is 24.0. The Morgan fingerprint density at radius 2 is 1.57 bits per heavy atom. The highest BCUT2D eigenvalue weighted by atomic mass is 32.2. The highest BCUT2D eigenvalue weighted by Gasteiger charge is 2.19. The smallest absolute Gasteiger partial charge is 0.234 e. The summed E-state index contributed by atoms with van der Waals surface area (Å²) in [4.78, 5) is 12.7. The molecule has 0 atom stereocenters. The lowest BCUT2D eigenvalue weighted by Crippen LogP contribution is -2.17. The van der Waals surface area contributed by atoms with Crippen LogP contribution in [0.25, 0.3) is 22.5 Å². The number of methoxy groups -OCH3 is 3. The molecular weight excluding hydrogens is 466 g/mol. The molecule has 35 heavy (non-hydrogen) atoms. The fourth-order valence-electron chi connectivity index (χ4n) is 3.56. The summed E-state index contributed by atoms with van der Waals surface area (Å²) in [7, 11) is 4.59. The van der Waals surface area contributed by atoms with E-state index in [-0.39, 0.29) is 11.7 Å². The summed E-state index contributed by atoms with van der Waals surface area (Å²) >= 11 is 1.18. The van der Waals surface area contributed by atoms with Gasteiger partial charge in [0.25, 0.3) is 0 Å². The number of para-hydroxylation sites is 1. The molecule has 0 unspecified atom stereocenters. The van der Waals surface area contributed by atoms with E-state index in [0.29, 0.717) is 33.8 Å². The van der Waals surface area contributed by atoms with Crippen LogP contribution in [-0.4, -0.2) is 47.9 Å². The molecule has 0 fully saturated rings. The molecule has 10 heteroatoms. The first-order chi connectivity index (χ1) is 17.0. The molecule has 0 radical (unpaired) electrons. The highest BCUT2D eigenvalue weighted by Crippen LogP contribution is 2.41. The first-order valence-corrected chi connectivity index (χ1v) is 11.6. The van der Waals surface area contributed by atoms with Crippen LogP contribution in [0.3, 0.4) is 0 Å². The molecule has 4 rings (SSSR count). The van der Waals surface area contributed by atoms with Gasteiger partial charge in [-0.2, -0.15) is 0 Å². The highest BCUT2D eigenvalue weighted by molar-refractivity contribution is 7.99. The number of nitrogen functional groups attached to an aromatic ring is 1. The number of thioether (sulfide) groups is 1. The number of nitrogens with two attached hydrogens (primary N) is 1. The fraction of sp³-hybridized carbons (Fsp3) is 0.160. The maximum atomic E-state index is 12.7. The van der Waals surface area contributed by atoms with Gasteiger partial charge in [0.1, 0.15) is 0 Å². The topological polar surface area (TPSA) is 114 Å². The van der Waals surface area contributed by atoms with E-state index < -0.39 is 0 Å². The van der Waals surface area contributed by atoms with Crippen LogP contribution < -0.4 is 25.4 Å². The Hall–Kier alpha value is -4.18. The summed E-state index contributed by atoms with van der Waals surface area (Å²) in [5, 5.41) is 11.7. The summed E-state index contributed by atoms with van der Waals surface area (Å²) in [6.45, 7) is 0. The maximum absolute atomic E-state index is 12.7. The minimum atomic E-state index is -0.185. The SMILES string of the molecule is COc1cc(-c2nnc(SCC(=O)Nc3ccccc3-c3ccccc3)n2N)cc(OC)c1OC. The molecule has 0 saturated heterocycles. The molecule has 9 nitrogen and oxygen atoms in total. The zero-order chi connectivity index (χ0) is 24.8. The molecule has 1 heterocycles. The van der Waals surface area contributed by atoms with Crippen LogP contribution in [0.5, 0.6) is 17.2 Å². The maximum Gasteiger partial charge on any atom is 0.234 e. The van der Waals surface area contributed by atoms with Gasteiger partial charge in [0.15, 0.2) is 17.3 Å². The second kappa shape index (κ2) is 10.8. The van der Waals surface area contributed by atoms with E-state index in [1.54, 1.807) is 12.1 Å². The summed E-state index contributed by atoms with van der Waals surface area (Å²) in [5.41, 5.74) is 3.32. The Kier molecular flexibility index (Phi) is 7.41. The Morgan fingerprint density at radius 3 is 2.23 bits per heavy atom. The van der Waals surface area contributed by atoms with Crippen LogP contribution in [0, 0.1) is 0 Å². The molecule has 4 aromatic rings. The molecule has 0 aliphatic rings. The molecule has 3 N–H and O–H groups in total. The van der Waals surface area contributed by atoms with Gasteiger partial charge >= 0.3 is 0 Å². The van der Waals surface area contributed by atoms with Crippen LogP contribution in [-0.2, 0) is 4.79 Å². The zero-order valence-electron chi connectivity index (χ0n) is 19.5. The molecule has 180 valence electrons. The number of nitrogens with zero attached hydrogens (tertiary/aromatic N) is 3. The van der Waals surface area contributed by atoms with Crippen LogP contribution in [0.4, 0.5) is 5.69 Å². The summed E-state index contributed by atoms with van der Waals surface area (Å²) in [6.07, 6.45) is 0. The second-order valence-corrected chi connectivity index (χ2v) is 8.28. The van der Waals surface area contributed by atoms with E-state index in [4.69, 9.17) is 20.1 Å². The molecule has 1 amide bonds. The van der Waals surface area contributed by atoms with E-state index in [1.807, 2.05) is 54.6 Å². The molecular formula is C25H25N5O4S. The largest absolute Gasteiger partial charge is 0.493 e. The number of nitrogens with one attached hydrogen (secondary N) is 1. The van der Waals surface area contributed by atoms with E-state index >= 15 is 0 Å². The summed E-state index contributed by atoms with van der Waals surface area (Å²) in [5.74, 6) is 7.96. The van der Waals surface area contributed by atoms with Crippen molar-refractivity contribution in [2.24, 2.45) is 0 Å². The number of hydrogen-bond acceptors (Lipinski definition) is 8. The van der Waals surface area contributed by atoms with Crippen molar-refractivity contribution in [1.82, 2.24) is 14.9 Å². The molecule has 0 aliphatic carbocycles. The Bertz CT molecular complexity index is 1300. The predicted octanol–water partition coefficient (Wildman–Crippen LogP) is 4.08. The number of hydrogen-bond donors (Lipinski definition) is 2. The van der Waals surface area contributed by atoms with Gasteiger partial charge in [-0.15, -0.1) is 10.2 Å². The third-order valence-electron chi connectivity index (χ3n) is 5.21. The van der Waals surface area contributed by atoms with Gasteiger partial charge in [-0.1, -0.05) is 60.3 Å². The monoisotopic (exact) mass is 491 g/mol. The Morgan fingerprint density at radius 1 is 0.914 bits per heavy atom. The van der Waals surface area contributed by atoms with E-state index in [9.17, 15) is 4.79 Å². The number of carbonyl (C=O) groups is 1. The van der Waals surface area contributed by atoms with Crippen LogP contribution >= 0.6 is 11.8 Å². The number of rotatable bonds is 9. The van der Waals surface area contributed by atoms with Gasteiger partial charge in [-0.05, 0) is 23.8 Å². The van der Waals surface area contributed by atoms with Crippen molar-refractivity contribution in [3.63, 3.8) is 0 Å². The lowest BCUT2D eigenvalue weighted by Gasteiger charge is -2.13. The van der Waals surface area contributed by atoms with Crippen LogP contribution in [0.15, 0.2) is 71.9 Å². The summed E-state index contributed by atoms with van der Waals surface area (Å²) in [6, 6.07) is 21.0. The lowest BCUT2D eigenvalue weighted by molar-refractivity contribution is -0.113. The number of amides is 1. The van der Waals surface area contributed by atoms with Crippen molar-refractivity contribution in [1.29, 1.82) is 0 Å². The Labute approximate surface area is 207 Å². The van der Waals surface area contributed by atoms with E-state index in [0.717, 1.165) is 16.8 Å². The minimum Gasteiger partial charge on any atom is -0.493 e. The molecule has 1 aromatic heterocycles. The van der Waals surface area contributed by atoms with Gasteiger partial charge < -0.3 is 25.4 Å². The van der Waals surface area contributed by atoms with Crippen molar-refractivity contribution in [2.75, 3.05) is 38.2 Å². The molecule has 0 spiro atoms. The minimum absolute atomic E-state index is 0.105. The molecule has 0 aliphatic heterocycles.